The molecule has 1 heterocycles. The third kappa shape index (κ3) is 4.07. The predicted molar refractivity (Wildman–Crippen MR) is 55.3 cm³/mol. The first-order valence-corrected chi connectivity index (χ1v) is 5.17. The fraction of sp³-hybridized carbons (Fsp3) is 0.286. The van der Waals surface area contributed by atoms with Gasteiger partial charge in [0.25, 0.3) is 3.70 Å². The molecule has 0 unspecified atom stereocenters. The molecule has 0 saturated heterocycles. The molecule has 0 bridgehead atoms. The molecule has 1 aromatic rings. The van der Waals surface area contributed by atoms with E-state index in [9.17, 15) is 36.5 Å². The summed E-state index contributed by atoms with van der Waals surface area (Å²) >= 11 is 0.984. The first-order valence-electron chi connectivity index (χ1n) is 4.09. The van der Waals surface area contributed by atoms with Gasteiger partial charge < -0.3 is 14.9 Å². The number of nitro groups is 1. The van der Waals surface area contributed by atoms with E-state index in [4.69, 9.17) is 0 Å². The van der Waals surface area contributed by atoms with Gasteiger partial charge in [0.1, 0.15) is 5.56 Å². The summed E-state index contributed by atoms with van der Waals surface area (Å²) in [6, 6.07) is -0.122. The van der Waals surface area contributed by atoms with Gasteiger partial charge in [-0.25, -0.2) is 0 Å². The largest absolute Gasteiger partial charge is 0.573 e. The maximum Gasteiger partial charge on any atom is 0.573 e. The highest BCUT2D eigenvalue weighted by molar-refractivity contribution is 14.1. The van der Waals surface area contributed by atoms with Gasteiger partial charge in [0.2, 0.25) is 0 Å². The monoisotopic (exact) mass is 402 g/mol. The van der Waals surface area contributed by atoms with Crippen molar-refractivity contribution in [3.63, 3.8) is 0 Å². The fourth-order valence-corrected chi connectivity index (χ4v) is 1.65. The van der Waals surface area contributed by atoms with Crippen LogP contribution in [-0.2, 0) is 6.18 Å². The fourth-order valence-electron chi connectivity index (χ4n) is 1.01. The van der Waals surface area contributed by atoms with Gasteiger partial charge in [0, 0.05) is 22.6 Å². The molecule has 0 fully saturated rings. The zero-order valence-electron chi connectivity index (χ0n) is 8.34. The summed E-state index contributed by atoms with van der Waals surface area (Å²) in [5, 5.41) is 10.3. The number of halogens is 7. The van der Waals surface area contributed by atoms with Gasteiger partial charge in [0.15, 0.2) is 5.75 Å². The number of nitrogens with zero attached hydrogens (tertiary/aromatic N) is 2. The first-order chi connectivity index (χ1) is 8.42. The molecule has 1 rings (SSSR count). The molecule has 1 aromatic heterocycles. The molecule has 0 amide bonds. The molecule has 0 aliphatic carbocycles. The number of ether oxygens (including phenoxy) is 1. The Balaban J connectivity index is 3.49. The first kappa shape index (κ1) is 15.7. The Morgan fingerprint density at radius 2 is 1.79 bits per heavy atom. The predicted octanol–water partition coefficient (Wildman–Crippen LogP) is 3.51. The molecule has 0 aromatic carbocycles. The summed E-state index contributed by atoms with van der Waals surface area (Å²) in [4.78, 5) is 12.1. The summed E-state index contributed by atoms with van der Waals surface area (Å²) in [5.74, 6) is -2.85. The second-order valence-corrected chi connectivity index (χ2v) is 3.97. The summed E-state index contributed by atoms with van der Waals surface area (Å²) in [5.41, 5.74) is -1.92. The zero-order valence-corrected chi connectivity index (χ0v) is 10.5. The molecule has 0 aliphatic rings. The average molecular weight is 402 g/mol. The van der Waals surface area contributed by atoms with Crippen molar-refractivity contribution in [2.45, 2.75) is 12.5 Å². The molecule has 12 heteroatoms. The lowest BCUT2D eigenvalue weighted by Gasteiger charge is -2.14. The van der Waals surface area contributed by atoms with Crippen LogP contribution in [0.2, 0.25) is 0 Å². The Morgan fingerprint density at radius 3 is 2.16 bits per heavy atom. The number of pyridine rings is 1. The van der Waals surface area contributed by atoms with Crippen LogP contribution < -0.4 is 4.74 Å². The third-order valence-corrected chi connectivity index (χ3v) is 2.36. The zero-order chi connectivity index (χ0) is 15.0. The summed E-state index contributed by atoms with van der Waals surface area (Å²) in [6.07, 6.45) is -10.6. The van der Waals surface area contributed by atoms with Crippen molar-refractivity contribution in [2.24, 2.45) is 0 Å². The Labute approximate surface area is 113 Å². The molecule has 0 N–H and O–H groups in total. The van der Waals surface area contributed by atoms with E-state index in [1.165, 1.54) is 0 Å². The smallest absolute Gasteiger partial charge is 0.400 e. The molecule has 106 valence electrons. The lowest BCUT2D eigenvalue weighted by molar-refractivity contribution is -0.390. The maximum absolute atomic E-state index is 12.5. The van der Waals surface area contributed by atoms with Gasteiger partial charge in [-0.05, 0) is 9.91 Å². The van der Waals surface area contributed by atoms with E-state index in [1.807, 2.05) is 0 Å². The number of hydrogen-bond acceptors (Lipinski definition) is 4. The van der Waals surface area contributed by atoms with Gasteiger partial charge in [-0.3, -0.25) is 0 Å². The van der Waals surface area contributed by atoms with Crippen LogP contribution in [0.15, 0.2) is 6.07 Å². The highest BCUT2D eigenvalue weighted by Gasteiger charge is 2.43. The van der Waals surface area contributed by atoms with E-state index in [0.29, 0.717) is 0 Å². The maximum atomic E-state index is 12.5. The van der Waals surface area contributed by atoms with Crippen molar-refractivity contribution >= 4 is 28.4 Å². The van der Waals surface area contributed by atoms with Crippen LogP contribution in [-0.4, -0.2) is 16.3 Å². The molecular formula is C7HF6IN2O3. The van der Waals surface area contributed by atoms with E-state index in [2.05, 4.69) is 9.72 Å². The van der Waals surface area contributed by atoms with Gasteiger partial charge in [-0.2, -0.15) is 13.2 Å². The molecule has 0 radical (unpaired) electrons. The van der Waals surface area contributed by atoms with Crippen molar-refractivity contribution in [3.8, 4) is 5.75 Å². The Morgan fingerprint density at radius 1 is 1.26 bits per heavy atom. The topological polar surface area (TPSA) is 65.3 Å². The minimum atomic E-state index is -5.38. The highest BCUT2D eigenvalue weighted by atomic mass is 127. The van der Waals surface area contributed by atoms with Crippen molar-refractivity contribution in [1.29, 1.82) is 0 Å². The van der Waals surface area contributed by atoms with E-state index in [-0.39, 0.29) is 6.07 Å². The van der Waals surface area contributed by atoms with Crippen molar-refractivity contribution in [1.82, 2.24) is 4.98 Å². The quantitative estimate of drug-likeness (QED) is 0.250. The average Bonchev–Trinajstić information content (AvgIpc) is 2.16. The van der Waals surface area contributed by atoms with Crippen molar-refractivity contribution in [3.05, 3.63) is 25.4 Å². The summed E-state index contributed by atoms with van der Waals surface area (Å²) < 4.78 is 75.9. The lowest BCUT2D eigenvalue weighted by atomic mass is 10.2. The van der Waals surface area contributed by atoms with Gasteiger partial charge in [0.05, 0.1) is 6.07 Å². The molecule has 0 spiro atoms. The molecular weight excluding hydrogens is 401 g/mol. The minimum Gasteiger partial charge on any atom is -0.400 e. The van der Waals surface area contributed by atoms with E-state index >= 15 is 0 Å². The molecule has 0 aliphatic heterocycles. The molecule has 0 atom stereocenters. The number of rotatable bonds is 2. The second-order valence-electron chi connectivity index (χ2n) is 2.95. The third-order valence-electron chi connectivity index (χ3n) is 1.63. The second kappa shape index (κ2) is 4.97. The SMILES string of the molecule is O=[N+]([O-])c1cc(C(F)(F)F)c(OC(F)(F)F)c(I)n1. The van der Waals surface area contributed by atoms with Crippen LogP contribution in [0.4, 0.5) is 32.2 Å². The van der Waals surface area contributed by atoms with Crippen LogP contribution in [0.5, 0.6) is 5.75 Å². The highest BCUT2D eigenvalue weighted by Crippen LogP contribution is 2.41. The van der Waals surface area contributed by atoms with Gasteiger partial charge in [-0.15, -0.1) is 13.2 Å². The normalized spacial score (nSPS) is 12.4. The standard InChI is InChI=1S/C7HF6IN2O3/c8-6(9,10)2-1-3(16(17)18)15-5(14)4(2)19-7(11,12)13/h1H. The molecule has 0 saturated carbocycles. The van der Waals surface area contributed by atoms with Crippen LogP contribution in [0, 0.1) is 13.8 Å². The van der Waals surface area contributed by atoms with E-state index < -0.39 is 38.3 Å². The number of alkyl halides is 6. The minimum absolute atomic E-state index is 0.122. The number of aromatic nitrogens is 1. The molecule has 5 nitrogen and oxygen atoms in total. The van der Waals surface area contributed by atoms with Gasteiger partial charge in [-0.1, -0.05) is 0 Å². The van der Waals surface area contributed by atoms with E-state index in [1.54, 1.807) is 0 Å². The molecule has 19 heavy (non-hydrogen) atoms. The number of hydrogen-bond donors (Lipinski definition) is 0. The Bertz CT molecular complexity index is 515. The van der Waals surface area contributed by atoms with Crippen LogP contribution in [0.3, 0.4) is 0 Å². The Kier molecular flexibility index (Phi) is 4.11. The van der Waals surface area contributed by atoms with Gasteiger partial charge >= 0.3 is 18.4 Å². The summed E-state index contributed by atoms with van der Waals surface area (Å²) in [7, 11) is 0. The summed E-state index contributed by atoms with van der Waals surface area (Å²) in [6.45, 7) is 0. The van der Waals surface area contributed by atoms with Crippen molar-refractivity contribution < 1.29 is 36.0 Å². The van der Waals surface area contributed by atoms with Crippen LogP contribution in [0.1, 0.15) is 5.56 Å². The lowest BCUT2D eigenvalue weighted by Crippen LogP contribution is -2.21. The van der Waals surface area contributed by atoms with Crippen LogP contribution in [0.25, 0.3) is 0 Å². The van der Waals surface area contributed by atoms with E-state index in [0.717, 1.165) is 22.6 Å². The van der Waals surface area contributed by atoms with Crippen molar-refractivity contribution in [2.75, 3.05) is 0 Å². The Hall–Kier alpha value is -1.34. The van der Waals surface area contributed by atoms with Crippen LogP contribution >= 0.6 is 22.6 Å².